The van der Waals surface area contributed by atoms with Crippen molar-refractivity contribution < 1.29 is 9.59 Å². The molecule has 1 saturated heterocycles. The smallest absolute Gasteiger partial charge is 0.257 e. The van der Waals surface area contributed by atoms with Crippen molar-refractivity contribution in [3.05, 3.63) is 64.2 Å². The molecule has 6 heteroatoms. The number of benzene rings is 2. The number of fused-ring (bicyclic) bond motifs is 2. The van der Waals surface area contributed by atoms with Gasteiger partial charge in [-0.15, -0.1) is 0 Å². The van der Waals surface area contributed by atoms with Gasteiger partial charge < -0.3 is 15.1 Å². The molecule has 2 aromatic rings. The third-order valence-corrected chi connectivity index (χ3v) is 5.85. The van der Waals surface area contributed by atoms with Gasteiger partial charge in [0.15, 0.2) is 0 Å². The van der Waals surface area contributed by atoms with Gasteiger partial charge in [-0.05, 0) is 62.1 Å². The fourth-order valence-corrected chi connectivity index (χ4v) is 4.28. The maximum absolute atomic E-state index is 12.9. The molecule has 0 aliphatic carbocycles. The van der Waals surface area contributed by atoms with E-state index in [1.807, 2.05) is 35.2 Å². The molecule has 2 heterocycles. The van der Waals surface area contributed by atoms with Crippen molar-refractivity contribution in [3.63, 3.8) is 0 Å². The highest BCUT2D eigenvalue weighted by atomic mass is 35.5. The third kappa shape index (κ3) is 3.47. The van der Waals surface area contributed by atoms with Crippen LogP contribution in [0.3, 0.4) is 0 Å². The van der Waals surface area contributed by atoms with Gasteiger partial charge in [-0.1, -0.05) is 23.7 Å². The molecule has 1 atom stereocenters. The van der Waals surface area contributed by atoms with Gasteiger partial charge in [0, 0.05) is 30.2 Å². The van der Waals surface area contributed by atoms with Gasteiger partial charge in [0.1, 0.15) is 6.17 Å². The molecule has 0 spiro atoms. The number of carbonyl (C=O) groups is 2. The van der Waals surface area contributed by atoms with Crippen molar-refractivity contribution in [1.82, 2.24) is 10.2 Å². The number of anilines is 1. The Kier molecular flexibility index (Phi) is 5.27. The standard InChI is InChI=1S/C22H24ClN3O2/c1-2-25-19-13-16(21(27)24-14-15-6-9-17(23)10-7-15)8-11-18(19)22(28)26-12-4-3-5-20(25)26/h6-11,13,20H,2-5,12,14H2,1H3,(H,24,27)/t20-/m0/s1. The van der Waals surface area contributed by atoms with Gasteiger partial charge in [0.2, 0.25) is 0 Å². The lowest BCUT2D eigenvalue weighted by molar-refractivity contribution is 0.0582. The van der Waals surface area contributed by atoms with Crippen LogP contribution in [0.1, 0.15) is 52.5 Å². The Hall–Kier alpha value is -2.53. The first-order valence-corrected chi connectivity index (χ1v) is 10.2. The molecule has 0 saturated carbocycles. The van der Waals surface area contributed by atoms with Crippen molar-refractivity contribution in [2.75, 3.05) is 18.0 Å². The maximum Gasteiger partial charge on any atom is 0.257 e. The Bertz CT molecular complexity index is 897. The monoisotopic (exact) mass is 397 g/mol. The molecule has 4 rings (SSSR count). The topological polar surface area (TPSA) is 52.7 Å². The number of nitrogens with one attached hydrogen (secondary N) is 1. The summed E-state index contributed by atoms with van der Waals surface area (Å²) in [6, 6.07) is 12.8. The van der Waals surface area contributed by atoms with Crippen molar-refractivity contribution in [2.45, 2.75) is 38.9 Å². The minimum Gasteiger partial charge on any atom is -0.351 e. The summed E-state index contributed by atoms with van der Waals surface area (Å²) in [6.45, 7) is 4.14. The zero-order valence-electron chi connectivity index (χ0n) is 16.0. The van der Waals surface area contributed by atoms with Crippen molar-refractivity contribution in [1.29, 1.82) is 0 Å². The molecule has 1 N–H and O–H groups in total. The number of hydrogen-bond donors (Lipinski definition) is 1. The molecule has 2 aliphatic rings. The maximum atomic E-state index is 12.9. The van der Waals surface area contributed by atoms with Crippen LogP contribution in [0.4, 0.5) is 5.69 Å². The summed E-state index contributed by atoms with van der Waals surface area (Å²) in [5.41, 5.74) is 3.12. The highest BCUT2D eigenvalue weighted by Crippen LogP contribution is 2.35. The molecule has 1 fully saturated rings. The van der Waals surface area contributed by atoms with E-state index in [1.165, 1.54) is 0 Å². The van der Waals surface area contributed by atoms with Crippen LogP contribution in [0.15, 0.2) is 42.5 Å². The summed E-state index contributed by atoms with van der Waals surface area (Å²) in [6.07, 6.45) is 3.26. The SMILES string of the molecule is CCN1c2cc(C(=O)NCc3ccc(Cl)cc3)ccc2C(=O)N2CCCC[C@H]21. The normalized spacial score (nSPS) is 18.5. The quantitative estimate of drug-likeness (QED) is 0.846. The molecule has 28 heavy (non-hydrogen) atoms. The van der Waals surface area contributed by atoms with Gasteiger partial charge in [-0.3, -0.25) is 9.59 Å². The highest BCUT2D eigenvalue weighted by molar-refractivity contribution is 6.30. The lowest BCUT2D eigenvalue weighted by atomic mass is 9.97. The van der Waals surface area contributed by atoms with E-state index in [-0.39, 0.29) is 18.0 Å². The van der Waals surface area contributed by atoms with Crippen LogP contribution in [0.5, 0.6) is 0 Å². The molecule has 2 aliphatic heterocycles. The minimum atomic E-state index is -0.146. The van der Waals surface area contributed by atoms with Crippen LogP contribution in [-0.4, -0.2) is 36.0 Å². The summed E-state index contributed by atoms with van der Waals surface area (Å²) in [4.78, 5) is 29.8. The number of halogens is 1. The zero-order valence-corrected chi connectivity index (χ0v) is 16.7. The fourth-order valence-electron chi connectivity index (χ4n) is 4.15. The van der Waals surface area contributed by atoms with Crippen LogP contribution in [0, 0.1) is 0 Å². The Balaban J connectivity index is 1.56. The van der Waals surface area contributed by atoms with E-state index >= 15 is 0 Å². The number of piperidine rings is 1. The van der Waals surface area contributed by atoms with Crippen molar-refractivity contribution in [3.8, 4) is 0 Å². The van der Waals surface area contributed by atoms with E-state index < -0.39 is 0 Å². The number of rotatable bonds is 4. The molecule has 5 nitrogen and oxygen atoms in total. The summed E-state index contributed by atoms with van der Waals surface area (Å²) in [5.74, 6) is -0.0650. The van der Waals surface area contributed by atoms with Gasteiger partial charge in [0.25, 0.3) is 11.8 Å². The second kappa shape index (κ2) is 7.84. The Morgan fingerprint density at radius 2 is 1.96 bits per heavy atom. The van der Waals surface area contributed by atoms with Crippen LogP contribution < -0.4 is 10.2 Å². The van der Waals surface area contributed by atoms with Gasteiger partial charge in [-0.2, -0.15) is 0 Å². The Morgan fingerprint density at radius 3 is 2.71 bits per heavy atom. The van der Waals surface area contributed by atoms with E-state index in [1.54, 1.807) is 12.1 Å². The first kappa shape index (κ1) is 18.8. The van der Waals surface area contributed by atoms with Crippen LogP contribution in [0.25, 0.3) is 0 Å². The predicted octanol–water partition coefficient (Wildman–Crippen LogP) is 4.06. The second-order valence-corrected chi connectivity index (χ2v) is 7.74. The zero-order chi connectivity index (χ0) is 19.7. The van der Waals surface area contributed by atoms with Gasteiger partial charge in [0.05, 0.1) is 11.3 Å². The van der Waals surface area contributed by atoms with Gasteiger partial charge in [-0.25, -0.2) is 0 Å². The molecule has 0 aromatic heterocycles. The van der Waals surface area contributed by atoms with E-state index in [9.17, 15) is 9.59 Å². The molecule has 2 aromatic carbocycles. The van der Waals surface area contributed by atoms with E-state index in [2.05, 4.69) is 17.1 Å². The molecule has 0 radical (unpaired) electrons. The number of nitrogens with zero attached hydrogens (tertiary/aromatic N) is 2. The van der Waals surface area contributed by atoms with E-state index in [4.69, 9.17) is 11.6 Å². The molecule has 0 unspecified atom stereocenters. The average Bonchev–Trinajstić information content (AvgIpc) is 2.73. The fraction of sp³-hybridized carbons (Fsp3) is 0.364. The first-order valence-electron chi connectivity index (χ1n) is 9.83. The average molecular weight is 398 g/mol. The van der Waals surface area contributed by atoms with E-state index in [0.29, 0.717) is 22.7 Å². The van der Waals surface area contributed by atoms with Crippen LogP contribution >= 0.6 is 11.6 Å². The molecular weight excluding hydrogens is 374 g/mol. The van der Waals surface area contributed by atoms with Crippen LogP contribution in [-0.2, 0) is 6.54 Å². The summed E-state index contributed by atoms with van der Waals surface area (Å²) < 4.78 is 0. The largest absolute Gasteiger partial charge is 0.351 e. The summed E-state index contributed by atoms with van der Waals surface area (Å²) >= 11 is 5.90. The Labute approximate surface area is 170 Å². The van der Waals surface area contributed by atoms with E-state index in [0.717, 1.165) is 43.6 Å². The van der Waals surface area contributed by atoms with Crippen molar-refractivity contribution in [2.24, 2.45) is 0 Å². The Morgan fingerprint density at radius 1 is 1.18 bits per heavy atom. The predicted molar refractivity (Wildman–Crippen MR) is 111 cm³/mol. The molecule has 2 amide bonds. The first-order chi connectivity index (χ1) is 13.6. The second-order valence-electron chi connectivity index (χ2n) is 7.30. The third-order valence-electron chi connectivity index (χ3n) is 5.60. The molecule has 0 bridgehead atoms. The number of hydrogen-bond acceptors (Lipinski definition) is 3. The lowest BCUT2D eigenvalue weighted by Crippen LogP contribution is -2.57. The van der Waals surface area contributed by atoms with Crippen molar-refractivity contribution >= 4 is 29.1 Å². The van der Waals surface area contributed by atoms with Gasteiger partial charge >= 0.3 is 0 Å². The lowest BCUT2D eigenvalue weighted by Gasteiger charge is -2.47. The number of carbonyl (C=O) groups excluding carboxylic acids is 2. The minimum absolute atomic E-state index is 0.0810. The van der Waals surface area contributed by atoms with Crippen LogP contribution in [0.2, 0.25) is 5.02 Å². The highest BCUT2D eigenvalue weighted by Gasteiger charge is 2.38. The summed E-state index contributed by atoms with van der Waals surface area (Å²) in [7, 11) is 0. The molecule has 146 valence electrons. The molecular formula is C22H24ClN3O2. The number of amides is 2. The summed E-state index contributed by atoms with van der Waals surface area (Å²) in [5, 5.41) is 3.62.